The molecule has 1 rings (SSSR count). The molecule has 0 saturated carbocycles. The molecule has 0 aromatic carbocycles. The van der Waals surface area contributed by atoms with Gasteiger partial charge >= 0.3 is 6.01 Å². The molecule has 0 saturated heterocycles. The van der Waals surface area contributed by atoms with Crippen LogP contribution in [0.15, 0.2) is 10.7 Å². The summed E-state index contributed by atoms with van der Waals surface area (Å²) in [5.74, 6) is -0.892. The zero-order valence-corrected chi connectivity index (χ0v) is 8.17. The Labute approximate surface area is 80.4 Å². The number of sulfonamides is 1. The number of hydrogen-bond donors (Lipinski definition) is 2. The minimum Gasteiger partial charge on any atom is -0.431 e. The lowest BCUT2D eigenvalue weighted by Crippen LogP contribution is -2.15. The van der Waals surface area contributed by atoms with Crippen molar-refractivity contribution in [3.63, 3.8) is 0 Å². The Bertz CT molecular complexity index is 436. The van der Waals surface area contributed by atoms with Gasteiger partial charge in [0.15, 0.2) is 5.69 Å². The maximum absolute atomic E-state index is 11.0. The van der Waals surface area contributed by atoms with Crippen molar-refractivity contribution in [2.75, 3.05) is 10.5 Å². The van der Waals surface area contributed by atoms with E-state index in [2.05, 4.69) is 9.40 Å². The zero-order chi connectivity index (χ0) is 10.8. The number of carbonyl (C=O) groups excluding carboxylic acids is 1. The highest BCUT2D eigenvalue weighted by atomic mass is 32.2. The van der Waals surface area contributed by atoms with Crippen molar-refractivity contribution in [1.29, 1.82) is 0 Å². The number of hydrogen-bond acceptors (Lipinski definition) is 5. The highest BCUT2D eigenvalue weighted by Gasteiger charge is 2.13. The summed E-state index contributed by atoms with van der Waals surface area (Å²) in [6, 6.07) is -0.263. The number of rotatable bonds is 4. The highest BCUT2D eigenvalue weighted by molar-refractivity contribution is 7.92. The van der Waals surface area contributed by atoms with E-state index in [1.165, 1.54) is 6.92 Å². The Hall–Kier alpha value is -1.57. The van der Waals surface area contributed by atoms with Crippen LogP contribution in [-0.4, -0.2) is 25.1 Å². The number of amides is 1. The molecule has 1 heterocycles. The van der Waals surface area contributed by atoms with Crippen LogP contribution in [0.3, 0.4) is 0 Å². The molecular formula is C6H9N3O4S. The molecule has 1 amide bonds. The Balaban J connectivity index is 2.84. The van der Waals surface area contributed by atoms with E-state index in [0.29, 0.717) is 0 Å². The first-order valence-electron chi connectivity index (χ1n) is 3.70. The van der Waals surface area contributed by atoms with Gasteiger partial charge in [0.1, 0.15) is 6.26 Å². The number of nitrogens with one attached hydrogen (secondary N) is 1. The second kappa shape index (κ2) is 3.66. The van der Waals surface area contributed by atoms with E-state index in [-0.39, 0.29) is 17.5 Å². The molecule has 78 valence electrons. The third kappa shape index (κ3) is 2.46. The van der Waals surface area contributed by atoms with Gasteiger partial charge in [-0.1, -0.05) is 0 Å². The van der Waals surface area contributed by atoms with Crippen LogP contribution in [0.2, 0.25) is 0 Å². The topological polar surface area (TPSA) is 115 Å². The summed E-state index contributed by atoms with van der Waals surface area (Å²) in [4.78, 5) is 14.1. The fourth-order valence-corrected chi connectivity index (χ4v) is 1.14. The van der Waals surface area contributed by atoms with Crippen molar-refractivity contribution in [1.82, 2.24) is 4.98 Å². The molecule has 0 aliphatic carbocycles. The summed E-state index contributed by atoms with van der Waals surface area (Å²) in [6.07, 6.45) is 0.982. The van der Waals surface area contributed by atoms with Crippen molar-refractivity contribution in [2.24, 2.45) is 5.73 Å². The number of anilines is 1. The summed E-state index contributed by atoms with van der Waals surface area (Å²) in [5, 5.41) is 0. The van der Waals surface area contributed by atoms with Crippen molar-refractivity contribution in [3.05, 3.63) is 12.0 Å². The smallest absolute Gasteiger partial charge is 0.309 e. The number of nitrogens with two attached hydrogens (primary N) is 1. The molecule has 3 N–H and O–H groups in total. The Kier molecular flexibility index (Phi) is 2.75. The average molecular weight is 219 g/mol. The van der Waals surface area contributed by atoms with Gasteiger partial charge in [-0.3, -0.25) is 4.79 Å². The molecule has 0 spiro atoms. The van der Waals surface area contributed by atoms with E-state index in [1.807, 2.05) is 4.72 Å². The zero-order valence-electron chi connectivity index (χ0n) is 7.35. The van der Waals surface area contributed by atoms with Crippen LogP contribution >= 0.6 is 0 Å². The van der Waals surface area contributed by atoms with Gasteiger partial charge in [0, 0.05) is 0 Å². The van der Waals surface area contributed by atoms with Crippen LogP contribution < -0.4 is 10.5 Å². The summed E-state index contributed by atoms with van der Waals surface area (Å²) >= 11 is 0. The van der Waals surface area contributed by atoms with E-state index in [0.717, 1.165) is 6.26 Å². The molecule has 7 nitrogen and oxygen atoms in total. The summed E-state index contributed by atoms with van der Waals surface area (Å²) in [7, 11) is -3.44. The van der Waals surface area contributed by atoms with Gasteiger partial charge in [-0.2, -0.15) is 4.98 Å². The molecule has 14 heavy (non-hydrogen) atoms. The first-order valence-corrected chi connectivity index (χ1v) is 5.35. The van der Waals surface area contributed by atoms with Crippen molar-refractivity contribution < 1.29 is 17.6 Å². The van der Waals surface area contributed by atoms with Crippen LogP contribution in [0.25, 0.3) is 0 Å². The molecule has 0 fully saturated rings. The largest absolute Gasteiger partial charge is 0.431 e. The fraction of sp³-hybridized carbons (Fsp3) is 0.333. The fourth-order valence-electron chi connectivity index (χ4n) is 0.639. The highest BCUT2D eigenvalue weighted by Crippen LogP contribution is 2.08. The predicted molar refractivity (Wildman–Crippen MR) is 48.1 cm³/mol. The molecule has 8 heteroatoms. The maximum Gasteiger partial charge on any atom is 0.309 e. The van der Waals surface area contributed by atoms with Gasteiger partial charge < -0.3 is 10.2 Å². The van der Waals surface area contributed by atoms with Gasteiger partial charge in [0.05, 0.1) is 5.75 Å². The lowest BCUT2D eigenvalue weighted by molar-refractivity contribution is 0.0995. The van der Waals surface area contributed by atoms with Crippen LogP contribution in [0.5, 0.6) is 0 Å². The molecule has 0 bridgehead atoms. The predicted octanol–water partition coefficient (Wildman–Crippen LogP) is -0.465. The molecule has 1 aromatic rings. The van der Waals surface area contributed by atoms with Gasteiger partial charge in [-0.25, -0.2) is 13.1 Å². The average Bonchev–Trinajstić information content (AvgIpc) is 2.52. The van der Waals surface area contributed by atoms with E-state index < -0.39 is 15.9 Å². The summed E-state index contributed by atoms with van der Waals surface area (Å²) in [6.45, 7) is 1.46. The van der Waals surface area contributed by atoms with Crippen molar-refractivity contribution in [2.45, 2.75) is 6.92 Å². The number of primary amides is 1. The molecule has 0 aliphatic rings. The molecule has 0 atom stereocenters. The number of carbonyl (C=O) groups is 1. The summed E-state index contributed by atoms with van der Waals surface area (Å²) in [5.41, 5.74) is 4.76. The molecule has 0 radical (unpaired) electrons. The monoisotopic (exact) mass is 219 g/mol. The maximum atomic E-state index is 11.0. The van der Waals surface area contributed by atoms with E-state index in [9.17, 15) is 13.2 Å². The van der Waals surface area contributed by atoms with Gasteiger partial charge in [0.2, 0.25) is 10.0 Å². The molecule has 0 aliphatic heterocycles. The molecular weight excluding hydrogens is 210 g/mol. The minimum atomic E-state index is -3.44. The van der Waals surface area contributed by atoms with Crippen LogP contribution in [0, 0.1) is 0 Å². The normalized spacial score (nSPS) is 11.2. The number of oxazole rings is 1. The minimum absolute atomic E-state index is 0.110. The van der Waals surface area contributed by atoms with E-state index in [1.54, 1.807) is 0 Å². The summed E-state index contributed by atoms with van der Waals surface area (Å²) < 4.78 is 28.7. The van der Waals surface area contributed by atoms with Crippen LogP contribution in [-0.2, 0) is 10.0 Å². The Morgan fingerprint density at radius 1 is 1.71 bits per heavy atom. The number of nitrogens with zero attached hydrogens (tertiary/aromatic N) is 1. The third-order valence-corrected chi connectivity index (χ3v) is 2.63. The second-order valence-corrected chi connectivity index (χ2v) is 4.42. The van der Waals surface area contributed by atoms with Gasteiger partial charge in [0.25, 0.3) is 5.91 Å². The standard InChI is InChI=1S/C6H9N3O4S/c1-2-14(11,12)9-6-8-4(3-13-6)5(7)10/h3H,2H2,1H3,(H2,7,10)(H,8,9). The Morgan fingerprint density at radius 3 is 2.79 bits per heavy atom. The van der Waals surface area contributed by atoms with E-state index in [4.69, 9.17) is 5.73 Å². The number of aromatic nitrogens is 1. The van der Waals surface area contributed by atoms with Crippen molar-refractivity contribution in [3.8, 4) is 0 Å². The van der Waals surface area contributed by atoms with Crippen molar-refractivity contribution >= 4 is 21.9 Å². The third-order valence-electron chi connectivity index (χ3n) is 1.38. The van der Waals surface area contributed by atoms with Gasteiger partial charge in [-0.05, 0) is 6.92 Å². The lowest BCUT2D eigenvalue weighted by atomic mass is 10.5. The van der Waals surface area contributed by atoms with Gasteiger partial charge in [-0.15, -0.1) is 0 Å². The Morgan fingerprint density at radius 2 is 2.36 bits per heavy atom. The van der Waals surface area contributed by atoms with E-state index >= 15 is 0 Å². The lowest BCUT2D eigenvalue weighted by Gasteiger charge is -1.98. The first-order chi connectivity index (χ1) is 6.44. The van der Waals surface area contributed by atoms with Crippen LogP contribution in [0.4, 0.5) is 6.01 Å². The quantitative estimate of drug-likeness (QED) is 0.710. The molecule has 0 unspecified atom stereocenters. The second-order valence-electron chi connectivity index (χ2n) is 2.41. The first kappa shape index (κ1) is 10.5. The molecule has 1 aromatic heterocycles. The SMILES string of the molecule is CCS(=O)(=O)Nc1nc(C(N)=O)co1. The van der Waals surface area contributed by atoms with Crippen LogP contribution in [0.1, 0.15) is 17.4 Å².